The van der Waals surface area contributed by atoms with Gasteiger partial charge in [-0.1, -0.05) is 36.4 Å². The number of rotatable bonds is 5. The molecule has 1 unspecified atom stereocenters. The van der Waals surface area contributed by atoms with Gasteiger partial charge in [-0.05, 0) is 62.3 Å². The van der Waals surface area contributed by atoms with Gasteiger partial charge in [-0.25, -0.2) is 4.99 Å². The maximum absolute atomic E-state index is 13.5. The molecule has 5 heteroatoms. The van der Waals surface area contributed by atoms with Gasteiger partial charge in [-0.2, -0.15) is 0 Å². The van der Waals surface area contributed by atoms with Crippen LogP contribution in [-0.4, -0.2) is 39.6 Å². The second-order valence-corrected chi connectivity index (χ2v) is 8.53. The standard InChI is InChI=1S/C24H27N3O2/c1-4-26-22(25)17-8-5-7-16(13-17)19-10-6-9-18-14-27(23(28)20(18)19)21(15-11-12-15)24(2,3)29/h4-10,13,15,21,25,29H,11-12,14H2,1-3H3. The van der Waals surface area contributed by atoms with Crippen LogP contribution in [0.2, 0.25) is 0 Å². The number of fused-ring (bicyclic) bond motifs is 1. The van der Waals surface area contributed by atoms with Crippen LogP contribution in [0.4, 0.5) is 0 Å². The summed E-state index contributed by atoms with van der Waals surface area (Å²) < 4.78 is 0. The van der Waals surface area contributed by atoms with E-state index in [2.05, 4.69) is 4.99 Å². The predicted octanol–water partition coefficient (Wildman–Crippen LogP) is 4.27. The summed E-state index contributed by atoms with van der Waals surface area (Å²) in [5.74, 6) is 0.555. The van der Waals surface area contributed by atoms with Crippen LogP contribution in [0.3, 0.4) is 0 Å². The molecular weight excluding hydrogens is 362 g/mol. The zero-order chi connectivity index (χ0) is 20.8. The van der Waals surface area contributed by atoms with Crippen LogP contribution in [0.5, 0.6) is 0 Å². The van der Waals surface area contributed by atoms with Gasteiger partial charge in [0, 0.05) is 18.3 Å². The van der Waals surface area contributed by atoms with E-state index in [1.165, 1.54) is 0 Å². The first-order valence-electron chi connectivity index (χ1n) is 10.1. The molecule has 0 bridgehead atoms. The van der Waals surface area contributed by atoms with Gasteiger partial charge in [0.2, 0.25) is 0 Å². The van der Waals surface area contributed by atoms with Gasteiger partial charge >= 0.3 is 0 Å². The van der Waals surface area contributed by atoms with E-state index < -0.39 is 5.60 Å². The molecule has 5 nitrogen and oxygen atoms in total. The molecule has 2 N–H and O–H groups in total. The first kappa shape index (κ1) is 19.5. The van der Waals surface area contributed by atoms with Crippen LogP contribution in [0.1, 0.15) is 55.1 Å². The lowest BCUT2D eigenvalue weighted by molar-refractivity contribution is -0.0224. The predicted molar refractivity (Wildman–Crippen MR) is 116 cm³/mol. The fraction of sp³-hybridized carbons (Fsp3) is 0.375. The van der Waals surface area contributed by atoms with Crippen molar-refractivity contribution in [3.8, 4) is 11.1 Å². The third kappa shape index (κ3) is 3.62. The van der Waals surface area contributed by atoms with E-state index in [0.29, 0.717) is 23.6 Å². The Balaban J connectivity index is 1.74. The van der Waals surface area contributed by atoms with E-state index in [4.69, 9.17) is 5.41 Å². The molecule has 0 radical (unpaired) electrons. The molecule has 1 aliphatic carbocycles. The zero-order valence-corrected chi connectivity index (χ0v) is 17.1. The number of amides is 1. The fourth-order valence-corrected chi connectivity index (χ4v) is 4.51. The minimum absolute atomic E-state index is 0.0123. The largest absolute Gasteiger partial charge is 0.388 e. The molecule has 1 fully saturated rings. The van der Waals surface area contributed by atoms with E-state index in [1.807, 2.05) is 47.4 Å². The van der Waals surface area contributed by atoms with Gasteiger partial charge in [-0.3, -0.25) is 10.2 Å². The molecule has 0 aromatic heterocycles. The van der Waals surface area contributed by atoms with E-state index in [1.54, 1.807) is 27.0 Å². The Hall–Kier alpha value is -2.79. The first-order chi connectivity index (χ1) is 13.8. The molecule has 2 aliphatic rings. The normalized spacial score (nSPS) is 17.7. The minimum Gasteiger partial charge on any atom is -0.388 e. The molecule has 29 heavy (non-hydrogen) atoms. The summed E-state index contributed by atoms with van der Waals surface area (Å²) in [5.41, 5.74) is 3.26. The Morgan fingerprint density at radius 2 is 2.00 bits per heavy atom. The van der Waals surface area contributed by atoms with Crippen LogP contribution in [0.25, 0.3) is 11.1 Å². The van der Waals surface area contributed by atoms with Crippen molar-refractivity contribution < 1.29 is 9.90 Å². The number of hydrogen-bond donors (Lipinski definition) is 2. The summed E-state index contributed by atoms with van der Waals surface area (Å²) in [7, 11) is 0. The maximum Gasteiger partial charge on any atom is 0.255 e. The highest BCUT2D eigenvalue weighted by Gasteiger charge is 2.48. The van der Waals surface area contributed by atoms with E-state index in [0.717, 1.165) is 29.5 Å². The second-order valence-electron chi connectivity index (χ2n) is 8.53. The number of benzene rings is 2. The fourth-order valence-electron chi connectivity index (χ4n) is 4.51. The van der Waals surface area contributed by atoms with Crippen LogP contribution < -0.4 is 0 Å². The lowest BCUT2D eigenvalue weighted by Crippen LogP contribution is -2.51. The molecule has 1 heterocycles. The smallest absolute Gasteiger partial charge is 0.255 e. The third-order valence-corrected chi connectivity index (χ3v) is 5.80. The number of nitrogens with one attached hydrogen (secondary N) is 1. The Morgan fingerprint density at radius 1 is 1.28 bits per heavy atom. The number of aliphatic imine (C=N–C) groups is 1. The van der Waals surface area contributed by atoms with E-state index in [-0.39, 0.29) is 17.8 Å². The van der Waals surface area contributed by atoms with Crippen LogP contribution in [-0.2, 0) is 6.54 Å². The van der Waals surface area contributed by atoms with Gasteiger partial charge in [0.1, 0.15) is 0 Å². The van der Waals surface area contributed by atoms with Gasteiger partial charge in [0.15, 0.2) is 5.84 Å². The van der Waals surface area contributed by atoms with Crippen molar-refractivity contribution in [2.24, 2.45) is 10.9 Å². The number of hydrogen-bond acceptors (Lipinski definition) is 3. The number of aliphatic hydroxyl groups is 1. The van der Waals surface area contributed by atoms with Crippen molar-refractivity contribution >= 4 is 18.0 Å². The van der Waals surface area contributed by atoms with Crippen molar-refractivity contribution in [2.75, 3.05) is 0 Å². The highest BCUT2D eigenvalue weighted by Crippen LogP contribution is 2.44. The summed E-state index contributed by atoms with van der Waals surface area (Å²) in [6, 6.07) is 13.4. The average Bonchev–Trinajstić information content (AvgIpc) is 3.45. The quantitative estimate of drug-likeness (QED) is 0.592. The Morgan fingerprint density at radius 3 is 2.66 bits per heavy atom. The highest BCUT2D eigenvalue weighted by atomic mass is 16.3. The topological polar surface area (TPSA) is 76.8 Å². The summed E-state index contributed by atoms with van der Waals surface area (Å²) in [4.78, 5) is 19.4. The van der Waals surface area contributed by atoms with Crippen LogP contribution >= 0.6 is 0 Å². The zero-order valence-electron chi connectivity index (χ0n) is 17.1. The van der Waals surface area contributed by atoms with Crippen molar-refractivity contribution in [3.63, 3.8) is 0 Å². The van der Waals surface area contributed by atoms with Gasteiger partial charge in [-0.15, -0.1) is 0 Å². The molecule has 2 aromatic carbocycles. The van der Waals surface area contributed by atoms with Crippen molar-refractivity contribution in [3.05, 3.63) is 59.2 Å². The lowest BCUT2D eigenvalue weighted by atomic mass is 9.92. The number of carbonyl (C=O) groups excluding carboxylic acids is 1. The maximum atomic E-state index is 13.5. The number of carbonyl (C=O) groups is 1. The summed E-state index contributed by atoms with van der Waals surface area (Å²) >= 11 is 0. The van der Waals surface area contributed by atoms with Gasteiger partial charge in [0.05, 0.1) is 17.2 Å². The van der Waals surface area contributed by atoms with Gasteiger partial charge in [0.25, 0.3) is 5.91 Å². The second kappa shape index (κ2) is 7.23. The molecule has 0 saturated heterocycles. The summed E-state index contributed by atoms with van der Waals surface area (Å²) in [6.07, 6.45) is 3.72. The van der Waals surface area contributed by atoms with Crippen molar-refractivity contribution in [1.82, 2.24) is 4.90 Å². The number of amidine groups is 1. The Kier molecular flexibility index (Phi) is 4.87. The molecular formula is C24H27N3O2. The summed E-state index contributed by atoms with van der Waals surface area (Å²) in [6.45, 7) is 5.92. The van der Waals surface area contributed by atoms with Crippen molar-refractivity contribution in [2.45, 2.75) is 51.8 Å². The van der Waals surface area contributed by atoms with Crippen LogP contribution in [0.15, 0.2) is 47.5 Å². The first-order valence-corrected chi connectivity index (χ1v) is 10.1. The molecule has 1 aliphatic heterocycles. The van der Waals surface area contributed by atoms with Crippen molar-refractivity contribution in [1.29, 1.82) is 5.41 Å². The highest BCUT2D eigenvalue weighted by molar-refractivity contribution is 6.06. The van der Waals surface area contributed by atoms with E-state index in [9.17, 15) is 9.90 Å². The molecule has 1 atom stereocenters. The minimum atomic E-state index is -0.938. The average molecular weight is 389 g/mol. The molecule has 150 valence electrons. The summed E-state index contributed by atoms with van der Waals surface area (Å²) in [5, 5.41) is 18.8. The number of nitrogens with zero attached hydrogens (tertiary/aromatic N) is 2. The molecule has 2 aromatic rings. The SMILES string of the molecule is CC=NC(=N)c1cccc(-c2cccc3c2C(=O)N(C(C2CC2)C(C)(C)O)C3)c1. The van der Waals surface area contributed by atoms with Gasteiger partial charge < -0.3 is 10.0 Å². The molecule has 0 spiro atoms. The molecule has 1 amide bonds. The lowest BCUT2D eigenvalue weighted by Gasteiger charge is -2.37. The Bertz CT molecular complexity index is 999. The third-order valence-electron chi connectivity index (χ3n) is 5.80. The van der Waals surface area contributed by atoms with Crippen LogP contribution in [0, 0.1) is 11.3 Å². The molecule has 4 rings (SSSR count). The monoisotopic (exact) mass is 389 g/mol. The molecule has 1 saturated carbocycles. The Labute approximate surface area is 171 Å². The van der Waals surface area contributed by atoms with E-state index >= 15 is 0 Å².